The Balaban J connectivity index is 1.49. The average Bonchev–Trinajstić information content (AvgIpc) is 3.37. The summed E-state index contributed by atoms with van der Waals surface area (Å²) in [5, 5.41) is 13.3. The summed E-state index contributed by atoms with van der Waals surface area (Å²) >= 11 is 0. The van der Waals surface area contributed by atoms with Crippen molar-refractivity contribution in [1.82, 2.24) is 25.2 Å². The van der Waals surface area contributed by atoms with Crippen molar-refractivity contribution in [3.05, 3.63) is 71.4 Å². The van der Waals surface area contributed by atoms with Crippen molar-refractivity contribution in [3.8, 4) is 11.3 Å². The van der Waals surface area contributed by atoms with Gasteiger partial charge in [-0.2, -0.15) is 15.0 Å². The molecule has 1 fully saturated rings. The predicted octanol–water partition coefficient (Wildman–Crippen LogP) is 3.88. The van der Waals surface area contributed by atoms with Crippen molar-refractivity contribution in [3.63, 3.8) is 0 Å². The first-order chi connectivity index (χ1) is 14.2. The summed E-state index contributed by atoms with van der Waals surface area (Å²) in [4.78, 5) is 4.40. The Morgan fingerprint density at radius 3 is 2.59 bits per heavy atom. The lowest BCUT2D eigenvalue weighted by Gasteiger charge is -2.22. The van der Waals surface area contributed by atoms with Crippen molar-refractivity contribution in [1.29, 1.82) is 0 Å². The third-order valence-corrected chi connectivity index (χ3v) is 5.79. The van der Waals surface area contributed by atoms with Crippen LogP contribution < -0.4 is 5.32 Å². The number of likely N-dealkylation sites (tertiary alicyclic amines) is 1. The molecule has 0 spiro atoms. The Morgan fingerprint density at radius 2 is 1.83 bits per heavy atom. The van der Waals surface area contributed by atoms with Crippen LogP contribution in [-0.2, 0) is 13.1 Å². The van der Waals surface area contributed by atoms with Gasteiger partial charge < -0.3 is 5.32 Å². The Labute approximate surface area is 173 Å². The average molecular weight is 390 g/mol. The van der Waals surface area contributed by atoms with Gasteiger partial charge in [0.25, 0.3) is 0 Å². The van der Waals surface area contributed by atoms with Crippen LogP contribution in [0.5, 0.6) is 0 Å². The van der Waals surface area contributed by atoms with Crippen LogP contribution in [-0.4, -0.2) is 45.6 Å². The highest BCUT2D eigenvalue weighted by molar-refractivity contribution is 5.60. The summed E-state index contributed by atoms with van der Waals surface area (Å²) in [6, 6.07) is 19.6. The summed E-state index contributed by atoms with van der Waals surface area (Å²) in [5.41, 5.74) is 5.60. The largest absolute Gasteiger partial charge is 0.309 e. The van der Waals surface area contributed by atoms with Gasteiger partial charge >= 0.3 is 0 Å². The number of aryl methyl sites for hydroxylation is 1. The lowest BCUT2D eigenvalue weighted by atomic mass is 10.1. The molecule has 2 heterocycles. The minimum atomic E-state index is 0.641. The van der Waals surface area contributed by atoms with E-state index in [9.17, 15) is 0 Å². The molecule has 1 N–H and O–H groups in total. The van der Waals surface area contributed by atoms with Crippen LogP contribution in [0.1, 0.15) is 36.6 Å². The number of aromatic nitrogens is 3. The normalized spacial score (nSPS) is 17.1. The highest BCUT2D eigenvalue weighted by Gasteiger charge is 2.22. The van der Waals surface area contributed by atoms with Crippen LogP contribution >= 0.6 is 0 Å². The summed E-state index contributed by atoms with van der Waals surface area (Å²) in [5.74, 6) is 0. The molecule has 1 saturated heterocycles. The van der Waals surface area contributed by atoms with Crippen LogP contribution in [0.25, 0.3) is 11.3 Å². The summed E-state index contributed by atoms with van der Waals surface area (Å²) in [7, 11) is 0. The van der Waals surface area contributed by atoms with Crippen LogP contribution in [0.15, 0.2) is 54.6 Å². The van der Waals surface area contributed by atoms with Gasteiger partial charge in [-0.3, -0.25) is 4.90 Å². The zero-order valence-corrected chi connectivity index (χ0v) is 17.5. The number of rotatable bonds is 8. The molecule has 1 aliphatic rings. The van der Waals surface area contributed by atoms with E-state index < -0.39 is 0 Å². The third kappa shape index (κ3) is 4.92. The van der Waals surface area contributed by atoms with Crippen molar-refractivity contribution in [2.24, 2.45) is 0 Å². The minimum Gasteiger partial charge on any atom is -0.309 e. The molecular formula is C24H31N5. The highest BCUT2D eigenvalue weighted by atomic mass is 15.5. The summed E-state index contributed by atoms with van der Waals surface area (Å²) in [6.07, 6.45) is 2.59. The van der Waals surface area contributed by atoms with Gasteiger partial charge in [0.05, 0.1) is 6.54 Å². The molecule has 1 aliphatic heterocycles. The Hall–Kier alpha value is -2.50. The standard InChI is InChI=1S/C24H31N5/c1-3-28-15-7-10-22(28)16-25-17-23-24(21-8-5-4-6-9-21)27-29(26-23)18-20-13-11-19(2)12-14-20/h4-6,8-9,11-14,22,25H,3,7,10,15-18H2,1-2H3/t22-/m0/s1. The number of nitrogens with one attached hydrogen (secondary N) is 1. The zero-order chi connectivity index (χ0) is 20.1. The van der Waals surface area contributed by atoms with Crippen molar-refractivity contribution in [2.45, 2.75) is 45.8 Å². The first kappa shape index (κ1) is 19.8. The molecule has 2 aromatic carbocycles. The van der Waals surface area contributed by atoms with Gasteiger partial charge in [0.1, 0.15) is 11.4 Å². The van der Waals surface area contributed by atoms with Crippen molar-refractivity contribution < 1.29 is 0 Å². The SMILES string of the molecule is CCN1CCC[C@H]1CNCc1nn(Cc2ccc(C)cc2)nc1-c1ccccc1. The molecule has 0 bridgehead atoms. The molecule has 29 heavy (non-hydrogen) atoms. The lowest BCUT2D eigenvalue weighted by Crippen LogP contribution is -2.37. The summed E-state index contributed by atoms with van der Waals surface area (Å²) in [6.45, 7) is 9.16. The Bertz CT molecular complexity index is 901. The Morgan fingerprint density at radius 1 is 1.03 bits per heavy atom. The van der Waals surface area contributed by atoms with Crippen LogP contribution in [0, 0.1) is 6.92 Å². The molecule has 1 aromatic heterocycles. The van der Waals surface area contributed by atoms with Gasteiger partial charge in [0, 0.05) is 24.7 Å². The Kier molecular flexibility index (Phi) is 6.37. The molecule has 0 amide bonds. The molecule has 0 radical (unpaired) electrons. The van der Waals surface area contributed by atoms with Gasteiger partial charge in [0.15, 0.2) is 0 Å². The van der Waals surface area contributed by atoms with Gasteiger partial charge in [-0.25, -0.2) is 0 Å². The molecule has 1 atom stereocenters. The second-order valence-electron chi connectivity index (χ2n) is 7.93. The smallest absolute Gasteiger partial charge is 0.117 e. The fraction of sp³-hybridized carbons (Fsp3) is 0.417. The van der Waals surface area contributed by atoms with Gasteiger partial charge in [-0.1, -0.05) is 67.1 Å². The number of hydrogen-bond donors (Lipinski definition) is 1. The molecule has 4 rings (SSSR count). The van der Waals surface area contributed by atoms with Gasteiger partial charge in [0.2, 0.25) is 0 Å². The molecule has 152 valence electrons. The second kappa shape index (κ2) is 9.33. The quantitative estimate of drug-likeness (QED) is 0.635. The highest BCUT2D eigenvalue weighted by Crippen LogP contribution is 2.21. The molecule has 5 nitrogen and oxygen atoms in total. The van der Waals surface area contributed by atoms with E-state index in [0.29, 0.717) is 12.6 Å². The molecule has 0 aliphatic carbocycles. The van der Waals surface area contributed by atoms with Crippen LogP contribution in [0.4, 0.5) is 0 Å². The zero-order valence-electron chi connectivity index (χ0n) is 17.5. The van der Waals surface area contributed by atoms with E-state index in [1.165, 1.54) is 30.5 Å². The number of hydrogen-bond acceptors (Lipinski definition) is 4. The van der Waals surface area contributed by atoms with E-state index in [-0.39, 0.29) is 0 Å². The third-order valence-electron chi connectivity index (χ3n) is 5.79. The van der Waals surface area contributed by atoms with Crippen molar-refractivity contribution >= 4 is 0 Å². The fourth-order valence-corrected chi connectivity index (χ4v) is 4.15. The van der Waals surface area contributed by atoms with E-state index in [4.69, 9.17) is 10.2 Å². The second-order valence-corrected chi connectivity index (χ2v) is 7.93. The van der Waals surface area contributed by atoms with Crippen LogP contribution in [0.2, 0.25) is 0 Å². The molecule has 5 heteroatoms. The summed E-state index contributed by atoms with van der Waals surface area (Å²) < 4.78 is 0. The minimum absolute atomic E-state index is 0.641. The van der Waals surface area contributed by atoms with E-state index in [2.05, 4.69) is 72.6 Å². The number of benzene rings is 2. The number of likely N-dealkylation sites (N-methyl/N-ethyl adjacent to an activating group) is 1. The molecule has 3 aromatic rings. The van der Waals surface area contributed by atoms with Crippen LogP contribution in [0.3, 0.4) is 0 Å². The monoisotopic (exact) mass is 389 g/mol. The topological polar surface area (TPSA) is 46.0 Å². The number of nitrogens with zero attached hydrogens (tertiary/aromatic N) is 4. The maximum absolute atomic E-state index is 4.84. The van der Waals surface area contributed by atoms with Gasteiger partial charge in [-0.15, -0.1) is 0 Å². The molecular weight excluding hydrogens is 358 g/mol. The molecule has 0 saturated carbocycles. The maximum Gasteiger partial charge on any atom is 0.117 e. The van der Waals surface area contributed by atoms with E-state index in [1.54, 1.807) is 0 Å². The van der Waals surface area contributed by atoms with Gasteiger partial charge in [-0.05, 0) is 38.4 Å². The van der Waals surface area contributed by atoms with E-state index >= 15 is 0 Å². The first-order valence-corrected chi connectivity index (χ1v) is 10.7. The fourth-order valence-electron chi connectivity index (χ4n) is 4.15. The van der Waals surface area contributed by atoms with E-state index in [1.807, 2.05) is 10.9 Å². The predicted molar refractivity (Wildman–Crippen MR) is 118 cm³/mol. The van der Waals surface area contributed by atoms with Crippen molar-refractivity contribution in [2.75, 3.05) is 19.6 Å². The first-order valence-electron chi connectivity index (χ1n) is 10.7. The molecule has 0 unspecified atom stereocenters. The maximum atomic E-state index is 4.84. The van der Waals surface area contributed by atoms with E-state index in [0.717, 1.165) is 36.6 Å². The lowest BCUT2D eigenvalue weighted by molar-refractivity contribution is 0.259.